The molecule has 2 heterocycles. The molecule has 2 amide bonds. The minimum Gasteiger partial charge on any atom is -0.359 e. The third-order valence-corrected chi connectivity index (χ3v) is 3.39. The van der Waals surface area contributed by atoms with Gasteiger partial charge in [0, 0.05) is 41.7 Å². The van der Waals surface area contributed by atoms with Crippen LogP contribution in [-0.4, -0.2) is 28.8 Å². The van der Waals surface area contributed by atoms with E-state index in [1.807, 2.05) is 0 Å². The van der Waals surface area contributed by atoms with E-state index in [1.165, 1.54) is 0 Å². The molecule has 0 unspecified atom stereocenters. The molecule has 0 aliphatic carbocycles. The molecular formula is C15H15BrN4O2. The first-order valence-corrected chi connectivity index (χ1v) is 7.46. The second-order valence-electron chi connectivity index (χ2n) is 4.52. The number of hydrogen-bond donors (Lipinski definition) is 2. The van der Waals surface area contributed by atoms with Gasteiger partial charge in [-0.2, -0.15) is 0 Å². The molecule has 0 spiro atoms. The molecule has 2 aromatic heterocycles. The highest BCUT2D eigenvalue weighted by molar-refractivity contribution is 9.10. The molecule has 0 saturated carbocycles. The number of carbonyl (C=O) groups excluding carboxylic acids is 2. The quantitative estimate of drug-likeness (QED) is 0.853. The summed E-state index contributed by atoms with van der Waals surface area (Å²) in [6.07, 6.45) is 4.04. The zero-order chi connectivity index (χ0) is 15.9. The maximum absolute atomic E-state index is 12.1. The number of amides is 2. The van der Waals surface area contributed by atoms with Crippen LogP contribution in [0.1, 0.15) is 22.6 Å². The van der Waals surface area contributed by atoms with Crippen LogP contribution in [0.5, 0.6) is 0 Å². The molecule has 0 aromatic carbocycles. The molecule has 2 N–H and O–H groups in total. The summed E-state index contributed by atoms with van der Waals surface area (Å²) < 4.78 is 0.810. The van der Waals surface area contributed by atoms with Crippen LogP contribution in [0, 0.1) is 0 Å². The molecule has 114 valence electrons. The van der Waals surface area contributed by atoms with Gasteiger partial charge >= 0.3 is 0 Å². The highest BCUT2D eigenvalue weighted by Gasteiger charge is 2.08. The monoisotopic (exact) mass is 362 g/mol. The highest BCUT2D eigenvalue weighted by Crippen LogP contribution is 2.12. The summed E-state index contributed by atoms with van der Waals surface area (Å²) in [5, 5.41) is 5.32. The molecule has 0 saturated heterocycles. The number of hydrogen-bond acceptors (Lipinski definition) is 4. The molecule has 0 bridgehead atoms. The molecule has 22 heavy (non-hydrogen) atoms. The summed E-state index contributed by atoms with van der Waals surface area (Å²) in [6.45, 7) is 0. The fourth-order valence-electron chi connectivity index (χ4n) is 1.76. The Kier molecular flexibility index (Phi) is 5.60. The topological polar surface area (TPSA) is 84.0 Å². The Morgan fingerprint density at radius 3 is 2.73 bits per heavy atom. The van der Waals surface area contributed by atoms with Gasteiger partial charge in [-0.3, -0.25) is 14.6 Å². The van der Waals surface area contributed by atoms with Crippen LogP contribution in [0.2, 0.25) is 0 Å². The van der Waals surface area contributed by atoms with Crippen molar-refractivity contribution in [3.63, 3.8) is 0 Å². The first-order valence-electron chi connectivity index (χ1n) is 6.67. The van der Waals surface area contributed by atoms with Crippen LogP contribution in [0.4, 0.5) is 5.69 Å². The minimum atomic E-state index is -0.295. The predicted molar refractivity (Wildman–Crippen MR) is 86.5 cm³/mol. The van der Waals surface area contributed by atoms with E-state index in [2.05, 4.69) is 36.5 Å². The second kappa shape index (κ2) is 7.65. The van der Waals surface area contributed by atoms with Crippen molar-refractivity contribution in [1.29, 1.82) is 0 Å². The smallest absolute Gasteiger partial charge is 0.274 e. The van der Waals surface area contributed by atoms with Gasteiger partial charge in [0.2, 0.25) is 5.91 Å². The number of nitrogens with zero attached hydrogens (tertiary/aromatic N) is 2. The van der Waals surface area contributed by atoms with Crippen molar-refractivity contribution in [2.45, 2.75) is 12.8 Å². The first kappa shape index (κ1) is 16.1. The Bertz CT molecular complexity index is 673. The second-order valence-corrected chi connectivity index (χ2v) is 5.44. The van der Waals surface area contributed by atoms with Gasteiger partial charge < -0.3 is 10.6 Å². The van der Waals surface area contributed by atoms with Gasteiger partial charge in [0.25, 0.3) is 5.91 Å². The van der Waals surface area contributed by atoms with Crippen molar-refractivity contribution < 1.29 is 9.59 Å². The van der Waals surface area contributed by atoms with Crippen LogP contribution >= 0.6 is 15.9 Å². The van der Waals surface area contributed by atoms with Gasteiger partial charge in [-0.25, -0.2) is 4.98 Å². The number of halogens is 1. The lowest BCUT2D eigenvalue weighted by Gasteiger charge is -2.06. The number of carbonyl (C=O) groups is 2. The molecule has 2 aromatic rings. The molecule has 0 fully saturated rings. The summed E-state index contributed by atoms with van der Waals surface area (Å²) in [5.41, 5.74) is 1.69. The summed E-state index contributed by atoms with van der Waals surface area (Å²) >= 11 is 3.27. The highest BCUT2D eigenvalue weighted by atomic mass is 79.9. The van der Waals surface area contributed by atoms with Crippen molar-refractivity contribution in [1.82, 2.24) is 15.3 Å². The van der Waals surface area contributed by atoms with Gasteiger partial charge in [-0.1, -0.05) is 0 Å². The minimum absolute atomic E-state index is 0.0460. The molecule has 0 atom stereocenters. The largest absolute Gasteiger partial charge is 0.359 e. The van der Waals surface area contributed by atoms with Crippen molar-refractivity contribution in [2.24, 2.45) is 0 Å². The number of aryl methyl sites for hydroxylation is 1. The fourth-order valence-corrected chi connectivity index (χ4v) is 2.00. The molecule has 0 aliphatic heterocycles. The lowest BCUT2D eigenvalue weighted by Crippen LogP contribution is -2.18. The van der Waals surface area contributed by atoms with Gasteiger partial charge in [-0.05, 0) is 46.6 Å². The zero-order valence-electron chi connectivity index (χ0n) is 12.0. The Morgan fingerprint density at radius 2 is 2.05 bits per heavy atom. The number of anilines is 1. The fraction of sp³-hybridized carbons (Fsp3) is 0.200. The lowest BCUT2D eigenvalue weighted by atomic mass is 10.2. The Hall–Kier alpha value is -2.28. The zero-order valence-corrected chi connectivity index (χ0v) is 13.6. The molecule has 6 nitrogen and oxygen atoms in total. The average Bonchev–Trinajstić information content (AvgIpc) is 2.53. The van der Waals surface area contributed by atoms with Crippen LogP contribution in [0.3, 0.4) is 0 Å². The molecule has 0 aliphatic rings. The Balaban J connectivity index is 2.02. The summed E-state index contributed by atoms with van der Waals surface area (Å²) in [4.78, 5) is 31.5. The third-order valence-electron chi connectivity index (χ3n) is 2.92. The van der Waals surface area contributed by atoms with E-state index >= 15 is 0 Å². The molecular weight excluding hydrogens is 348 g/mol. The Morgan fingerprint density at radius 1 is 1.23 bits per heavy atom. The number of aromatic nitrogens is 2. The van der Waals surface area contributed by atoms with Crippen molar-refractivity contribution in [3.8, 4) is 0 Å². The maximum atomic E-state index is 12.1. The van der Waals surface area contributed by atoms with Crippen LogP contribution < -0.4 is 10.6 Å². The van der Waals surface area contributed by atoms with E-state index in [0.717, 1.165) is 10.2 Å². The number of rotatable bonds is 5. The van der Waals surface area contributed by atoms with Crippen molar-refractivity contribution in [2.75, 3.05) is 12.4 Å². The van der Waals surface area contributed by atoms with Gasteiger partial charge in [0.05, 0.1) is 0 Å². The maximum Gasteiger partial charge on any atom is 0.274 e. The first-order chi connectivity index (χ1) is 10.6. The van der Waals surface area contributed by atoms with E-state index < -0.39 is 0 Å². The van der Waals surface area contributed by atoms with Gasteiger partial charge in [0.1, 0.15) is 5.69 Å². The van der Waals surface area contributed by atoms with E-state index in [1.54, 1.807) is 43.7 Å². The number of pyridine rings is 2. The lowest BCUT2D eigenvalue weighted by molar-refractivity contribution is -0.120. The summed E-state index contributed by atoms with van der Waals surface area (Å²) in [6, 6.07) is 6.83. The van der Waals surface area contributed by atoms with Gasteiger partial charge in [-0.15, -0.1) is 0 Å². The van der Waals surface area contributed by atoms with E-state index in [4.69, 9.17) is 0 Å². The Labute approximate surface area is 136 Å². The average molecular weight is 363 g/mol. The summed E-state index contributed by atoms with van der Waals surface area (Å²) in [7, 11) is 1.59. The third kappa shape index (κ3) is 4.63. The molecule has 2 rings (SSSR count). The van der Waals surface area contributed by atoms with E-state index in [-0.39, 0.29) is 11.8 Å². The van der Waals surface area contributed by atoms with E-state index in [9.17, 15) is 9.59 Å². The van der Waals surface area contributed by atoms with Crippen LogP contribution in [0.25, 0.3) is 0 Å². The SMILES string of the molecule is CNC(=O)CCc1cc(NC(=O)c2ccc(Br)cn2)ccn1. The van der Waals surface area contributed by atoms with E-state index in [0.29, 0.717) is 24.2 Å². The van der Waals surface area contributed by atoms with Gasteiger partial charge in [0.15, 0.2) is 0 Å². The summed E-state index contributed by atoms with van der Waals surface area (Å²) in [5.74, 6) is -0.341. The van der Waals surface area contributed by atoms with Crippen molar-refractivity contribution >= 4 is 33.4 Å². The molecule has 0 radical (unpaired) electrons. The van der Waals surface area contributed by atoms with Crippen LogP contribution in [-0.2, 0) is 11.2 Å². The predicted octanol–water partition coefficient (Wildman–Crippen LogP) is 2.17. The van der Waals surface area contributed by atoms with Crippen LogP contribution in [0.15, 0.2) is 41.1 Å². The van der Waals surface area contributed by atoms with Crippen molar-refractivity contribution in [3.05, 3.63) is 52.5 Å². The molecule has 7 heteroatoms. The standard InChI is InChI=1S/C15H15BrN4O2/c1-17-14(21)5-3-11-8-12(6-7-18-11)20-15(22)13-4-2-10(16)9-19-13/h2,4,6-9H,3,5H2,1H3,(H,17,21)(H,18,20,22). The number of nitrogens with one attached hydrogen (secondary N) is 2. The normalized spacial score (nSPS) is 10.1.